The maximum atomic E-state index is 13.2. The van der Waals surface area contributed by atoms with Crippen molar-refractivity contribution in [2.45, 2.75) is 13.0 Å². The molecule has 0 aliphatic rings. The van der Waals surface area contributed by atoms with E-state index < -0.39 is 28.9 Å². The first kappa shape index (κ1) is 12.5. The smallest absolute Gasteiger partial charge is 0.254 e. The first-order valence-corrected chi connectivity index (χ1v) is 4.61. The second kappa shape index (κ2) is 4.98. The molecule has 0 aliphatic heterocycles. The molecule has 16 heavy (non-hydrogen) atoms. The fourth-order valence-corrected chi connectivity index (χ4v) is 1.06. The summed E-state index contributed by atoms with van der Waals surface area (Å²) in [6.07, 6.45) is 0. The van der Waals surface area contributed by atoms with E-state index in [0.717, 1.165) is 6.07 Å². The van der Waals surface area contributed by atoms with Crippen LogP contribution in [0.25, 0.3) is 0 Å². The molecule has 88 valence electrons. The molecule has 0 fully saturated rings. The summed E-state index contributed by atoms with van der Waals surface area (Å²) in [6, 6.07) is 1.20. The van der Waals surface area contributed by atoms with Gasteiger partial charge in [-0.1, -0.05) is 0 Å². The molecule has 0 unspecified atom stereocenters. The Morgan fingerprint density at radius 2 is 2.00 bits per heavy atom. The van der Waals surface area contributed by atoms with E-state index in [1.54, 1.807) is 6.92 Å². The Balaban J connectivity index is 2.97. The van der Waals surface area contributed by atoms with Gasteiger partial charge in [0.25, 0.3) is 5.91 Å². The van der Waals surface area contributed by atoms with Crippen LogP contribution in [0, 0.1) is 17.5 Å². The van der Waals surface area contributed by atoms with Crippen molar-refractivity contribution in [2.75, 3.05) is 6.54 Å². The number of nitrogens with two attached hydrogens (primary N) is 1. The number of amides is 1. The maximum Gasteiger partial charge on any atom is 0.254 e. The monoisotopic (exact) mass is 232 g/mol. The minimum Gasteiger partial charge on any atom is -0.348 e. The maximum absolute atomic E-state index is 13.2. The Hall–Kier alpha value is -1.56. The number of rotatable bonds is 3. The zero-order valence-corrected chi connectivity index (χ0v) is 8.56. The third-order valence-corrected chi connectivity index (χ3v) is 2.01. The van der Waals surface area contributed by atoms with E-state index in [9.17, 15) is 18.0 Å². The van der Waals surface area contributed by atoms with Crippen LogP contribution < -0.4 is 11.1 Å². The summed E-state index contributed by atoms with van der Waals surface area (Å²) < 4.78 is 38.6. The van der Waals surface area contributed by atoms with Crippen LogP contribution in [0.15, 0.2) is 12.1 Å². The molecule has 1 aromatic carbocycles. The van der Waals surface area contributed by atoms with Gasteiger partial charge in [0.05, 0.1) is 5.56 Å². The standard InChI is InChI=1S/C10H11F3N2O/c1-5(4-14)15-10(16)6-2-3-7(11)9(13)8(6)12/h2-3,5H,4,14H2,1H3,(H,15,16)/t5-/m0/s1. The molecule has 3 nitrogen and oxygen atoms in total. The average Bonchev–Trinajstić information content (AvgIpc) is 2.25. The molecule has 0 saturated heterocycles. The molecule has 0 aliphatic carbocycles. The van der Waals surface area contributed by atoms with E-state index in [4.69, 9.17) is 5.73 Å². The lowest BCUT2D eigenvalue weighted by Gasteiger charge is -2.11. The fourth-order valence-electron chi connectivity index (χ4n) is 1.06. The van der Waals surface area contributed by atoms with Crippen LogP contribution in [0.2, 0.25) is 0 Å². The minimum atomic E-state index is -1.66. The normalized spacial score (nSPS) is 12.3. The molecule has 0 heterocycles. The van der Waals surface area contributed by atoms with E-state index >= 15 is 0 Å². The number of carbonyl (C=O) groups is 1. The van der Waals surface area contributed by atoms with E-state index in [1.165, 1.54) is 0 Å². The molecule has 0 aromatic heterocycles. The van der Waals surface area contributed by atoms with Crippen LogP contribution in [0.4, 0.5) is 13.2 Å². The summed E-state index contributed by atoms with van der Waals surface area (Å²) in [5, 5.41) is 2.34. The second-order valence-electron chi connectivity index (χ2n) is 3.33. The van der Waals surface area contributed by atoms with Crippen molar-refractivity contribution >= 4 is 5.91 Å². The molecule has 0 spiro atoms. The summed E-state index contributed by atoms with van der Waals surface area (Å²) >= 11 is 0. The Kier molecular flexibility index (Phi) is 3.89. The summed E-state index contributed by atoms with van der Waals surface area (Å²) in [4.78, 5) is 11.4. The average molecular weight is 232 g/mol. The predicted molar refractivity (Wildman–Crippen MR) is 52.3 cm³/mol. The molecule has 1 rings (SSSR count). The highest BCUT2D eigenvalue weighted by Crippen LogP contribution is 2.15. The van der Waals surface area contributed by atoms with Crippen LogP contribution >= 0.6 is 0 Å². The molecule has 0 saturated carbocycles. The van der Waals surface area contributed by atoms with Crippen LogP contribution in [0.3, 0.4) is 0 Å². The molecular formula is C10H11F3N2O. The summed E-state index contributed by atoms with van der Waals surface area (Å²) in [5.74, 6) is -5.31. The lowest BCUT2D eigenvalue weighted by Crippen LogP contribution is -2.38. The van der Waals surface area contributed by atoms with Gasteiger partial charge < -0.3 is 11.1 Å². The van der Waals surface area contributed by atoms with E-state index in [0.29, 0.717) is 6.07 Å². The summed E-state index contributed by atoms with van der Waals surface area (Å²) in [5.41, 5.74) is 4.71. The Morgan fingerprint density at radius 3 is 2.56 bits per heavy atom. The molecule has 1 aromatic rings. The Labute approximate surface area is 90.4 Å². The molecule has 1 amide bonds. The van der Waals surface area contributed by atoms with Gasteiger partial charge in [0.1, 0.15) is 0 Å². The topological polar surface area (TPSA) is 55.1 Å². The second-order valence-corrected chi connectivity index (χ2v) is 3.33. The van der Waals surface area contributed by atoms with Gasteiger partial charge in [-0.05, 0) is 19.1 Å². The van der Waals surface area contributed by atoms with E-state index in [1.807, 2.05) is 0 Å². The molecule has 3 N–H and O–H groups in total. The van der Waals surface area contributed by atoms with Gasteiger partial charge in [-0.15, -0.1) is 0 Å². The summed E-state index contributed by atoms with van der Waals surface area (Å²) in [7, 11) is 0. The molecule has 6 heteroatoms. The number of halogens is 3. The van der Waals surface area contributed by atoms with Crippen molar-refractivity contribution in [1.82, 2.24) is 5.32 Å². The Morgan fingerprint density at radius 1 is 1.38 bits per heavy atom. The van der Waals surface area contributed by atoms with Crippen LogP contribution in [-0.2, 0) is 0 Å². The zero-order chi connectivity index (χ0) is 12.3. The van der Waals surface area contributed by atoms with Gasteiger partial charge in [-0.25, -0.2) is 13.2 Å². The van der Waals surface area contributed by atoms with E-state index in [-0.39, 0.29) is 12.6 Å². The lowest BCUT2D eigenvalue weighted by atomic mass is 10.1. The van der Waals surface area contributed by atoms with Crippen molar-refractivity contribution in [3.63, 3.8) is 0 Å². The first-order chi connectivity index (χ1) is 7.47. The van der Waals surface area contributed by atoms with Gasteiger partial charge in [0, 0.05) is 12.6 Å². The number of nitrogens with one attached hydrogen (secondary N) is 1. The highest BCUT2D eigenvalue weighted by molar-refractivity contribution is 5.94. The third-order valence-electron chi connectivity index (χ3n) is 2.01. The molecule has 0 bridgehead atoms. The van der Waals surface area contributed by atoms with Crippen LogP contribution in [0.5, 0.6) is 0 Å². The fraction of sp³-hybridized carbons (Fsp3) is 0.300. The van der Waals surface area contributed by atoms with Crippen molar-refractivity contribution < 1.29 is 18.0 Å². The quantitative estimate of drug-likeness (QED) is 0.769. The van der Waals surface area contributed by atoms with Crippen LogP contribution in [-0.4, -0.2) is 18.5 Å². The Bertz CT molecular complexity index is 409. The molecule has 0 radical (unpaired) electrons. The number of benzene rings is 1. The van der Waals surface area contributed by atoms with Crippen molar-refractivity contribution in [1.29, 1.82) is 0 Å². The largest absolute Gasteiger partial charge is 0.348 e. The highest BCUT2D eigenvalue weighted by atomic mass is 19.2. The first-order valence-electron chi connectivity index (χ1n) is 4.61. The highest BCUT2D eigenvalue weighted by Gasteiger charge is 2.19. The predicted octanol–water partition coefficient (Wildman–Crippen LogP) is 1.18. The number of hydrogen-bond acceptors (Lipinski definition) is 2. The zero-order valence-electron chi connectivity index (χ0n) is 8.56. The van der Waals surface area contributed by atoms with Gasteiger partial charge in [0.2, 0.25) is 0 Å². The number of hydrogen-bond donors (Lipinski definition) is 2. The molecule has 1 atom stereocenters. The van der Waals surface area contributed by atoms with Crippen molar-refractivity contribution in [3.05, 3.63) is 35.1 Å². The van der Waals surface area contributed by atoms with Crippen molar-refractivity contribution in [2.24, 2.45) is 5.73 Å². The third kappa shape index (κ3) is 2.52. The summed E-state index contributed by atoms with van der Waals surface area (Å²) in [6.45, 7) is 1.77. The van der Waals surface area contributed by atoms with Gasteiger partial charge in [-0.2, -0.15) is 0 Å². The number of carbonyl (C=O) groups excluding carboxylic acids is 1. The SMILES string of the molecule is C[C@@H](CN)NC(=O)c1ccc(F)c(F)c1F. The lowest BCUT2D eigenvalue weighted by molar-refractivity contribution is 0.0936. The van der Waals surface area contributed by atoms with Gasteiger partial charge >= 0.3 is 0 Å². The van der Waals surface area contributed by atoms with Crippen molar-refractivity contribution in [3.8, 4) is 0 Å². The molecular weight excluding hydrogens is 221 g/mol. The minimum absolute atomic E-state index is 0.164. The van der Waals surface area contributed by atoms with Crippen LogP contribution in [0.1, 0.15) is 17.3 Å². The van der Waals surface area contributed by atoms with Gasteiger partial charge in [-0.3, -0.25) is 4.79 Å². The van der Waals surface area contributed by atoms with E-state index in [2.05, 4.69) is 5.32 Å². The van der Waals surface area contributed by atoms with Gasteiger partial charge in [0.15, 0.2) is 17.5 Å².